The molecule has 0 amide bonds. The van der Waals surface area contributed by atoms with Crippen molar-refractivity contribution in [2.24, 2.45) is 0 Å². The maximum atomic E-state index is 12.1. The van der Waals surface area contributed by atoms with Crippen LogP contribution in [-0.4, -0.2) is 54.5 Å². The molecule has 0 aromatic heterocycles. The highest BCUT2D eigenvalue weighted by molar-refractivity contribution is 7.49. The molecule has 0 unspecified atom stereocenters. The first-order chi connectivity index (χ1) is 14.6. The van der Waals surface area contributed by atoms with Crippen LogP contribution in [-0.2, 0) is 15.8 Å². The number of hydrogen-bond donors (Lipinski definition) is 3. The number of carbonyl (C=O) groups is 1. The zero-order chi connectivity index (χ0) is 23.2. The van der Waals surface area contributed by atoms with Crippen LogP contribution in [0.25, 0.3) is 0 Å². The van der Waals surface area contributed by atoms with Gasteiger partial charge in [-0.15, -0.1) is 0 Å². The SMILES string of the molecule is C[N+](C)(C)Cc1ccc(C(=O)OCCCCCCCCCCCCNP(=O)(O)O)cc1. The van der Waals surface area contributed by atoms with Crippen LogP contribution in [0.1, 0.15) is 80.1 Å². The van der Waals surface area contributed by atoms with Gasteiger partial charge in [0.25, 0.3) is 0 Å². The molecule has 0 saturated heterocycles. The van der Waals surface area contributed by atoms with Gasteiger partial charge in [-0.2, -0.15) is 0 Å². The highest BCUT2D eigenvalue weighted by Gasteiger charge is 2.11. The molecule has 178 valence electrons. The second-order valence-electron chi connectivity index (χ2n) is 9.27. The Balaban J connectivity index is 1.96. The van der Waals surface area contributed by atoms with Crippen molar-refractivity contribution in [3.8, 4) is 0 Å². The molecule has 8 heteroatoms. The normalized spacial score (nSPS) is 12.2. The predicted octanol–water partition coefficient (Wildman–Crippen LogP) is 4.63. The molecule has 0 heterocycles. The average molecular weight is 458 g/mol. The van der Waals surface area contributed by atoms with Crippen LogP contribution in [0.4, 0.5) is 0 Å². The Morgan fingerprint density at radius 1 is 0.871 bits per heavy atom. The highest BCUT2D eigenvalue weighted by atomic mass is 31.2. The minimum absolute atomic E-state index is 0.243. The molecular formula is C23H42N2O5P+. The van der Waals surface area contributed by atoms with Gasteiger partial charge < -0.3 is 19.0 Å². The molecule has 3 N–H and O–H groups in total. The predicted molar refractivity (Wildman–Crippen MR) is 125 cm³/mol. The lowest BCUT2D eigenvalue weighted by atomic mass is 10.1. The fraction of sp³-hybridized carbons (Fsp3) is 0.696. The standard InChI is InChI=1S/C23H41N2O5P/c1-25(2,3)20-21-14-16-22(17-15-21)23(26)30-19-13-11-9-7-5-4-6-8-10-12-18-24-31(27,28)29/h14-17H,4-13,18-20H2,1-3H3,(H2-,24,27,28,29)/p+1. The van der Waals surface area contributed by atoms with Crippen molar-refractivity contribution in [2.45, 2.75) is 70.8 Å². The van der Waals surface area contributed by atoms with Crippen molar-refractivity contribution >= 4 is 13.7 Å². The summed E-state index contributed by atoms with van der Waals surface area (Å²) in [7, 11) is 2.37. The summed E-state index contributed by atoms with van der Waals surface area (Å²) in [5.41, 5.74) is 1.82. The number of ether oxygens (including phenoxy) is 1. The number of benzene rings is 1. The summed E-state index contributed by atoms with van der Waals surface area (Å²) >= 11 is 0. The van der Waals surface area contributed by atoms with Gasteiger partial charge in [0.1, 0.15) is 6.54 Å². The van der Waals surface area contributed by atoms with Gasteiger partial charge in [0.2, 0.25) is 0 Å². The average Bonchev–Trinajstić information content (AvgIpc) is 2.66. The van der Waals surface area contributed by atoms with Gasteiger partial charge in [-0.3, -0.25) is 0 Å². The summed E-state index contributed by atoms with van der Waals surface area (Å²) in [6.45, 7) is 1.77. The Bertz CT molecular complexity index is 668. The summed E-state index contributed by atoms with van der Waals surface area (Å²) in [5, 5.41) is 2.22. The third-order valence-electron chi connectivity index (χ3n) is 4.97. The number of rotatable bonds is 17. The van der Waals surface area contributed by atoms with E-state index in [2.05, 4.69) is 26.2 Å². The van der Waals surface area contributed by atoms with Gasteiger partial charge in [0.15, 0.2) is 0 Å². The van der Waals surface area contributed by atoms with E-state index in [-0.39, 0.29) is 5.97 Å². The number of esters is 1. The third-order valence-corrected chi connectivity index (χ3v) is 5.60. The number of carbonyl (C=O) groups excluding carboxylic acids is 1. The van der Waals surface area contributed by atoms with E-state index in [1.807, 2.05) is 24.3 Å². The number of nitrogens with one attached hydrogen (secondary N) is 1. The van der Waals surface area contributed by atoms with Gasteiger partial charge in [0, 0.05) is 12.1 Å². The Kier molecular flexibility index (Phi) is 13.2. The lowest BCUT2D eigenvalue weighted by Crippen LogP contribution is -2.33. The lowest BCUT2D eigenvalue weighted by Gasteiger charge is -2.23. The van der Waals surface area contributed by atoms with E-state index >= 15 is 0 Å². The molecule has 0 aliphatic heterocycles. The topological polar surface area (TPSA) is 95.9 Å². The molecular weight excluding hydrogens is 415 g/mol. The molecule has 1 aromatic carbocycles. The lowest BCUT2D eigenvalue weighted by molar-refractivity contribution is -0.884. The molecule has 0 aliphatic rings. The summed E-state index contributed by atoms with van der Waals surface area (Å²) in [6.07, 6.45) is 10.8. The molecule has 0 saturated carbocycles. The van der Waals surface area contributed by atoms with E-state index in [0.29, 0.717) is 18.7 Å². The van der Waals surface area contributed by atoms with Gasteiger partial charge in [-0.25, -0.2) is 14.4 Å². The van der Waals surface area contributed by atoms with Crippen molar-refractivity contribution in [1.29, 1.82) is 0 Å². The maximum absolute atomic E-state index is 12.1. The zero-order valence-electron chi connectivity index (χ0n) is 19.5. The van der Waals surface area contributed by atoms with E-state index in [1.54, 1.807) is 0 Å². The smallest absolute Gasteiger partial charge is 0.400 e. The van der Waals surface area contributed by atoms with Crippen LogP contribution in [0, 0.1) is 0 Å². The zero-order valence-corrected chi connectivity index (χ0v) is 20.4. The minimum atomic E-state index is -4.06. The van der Waals surface area contributed by atoms with Crippen LogP contribution in [0.15, 0.2) is 24.3 Å². The van der Waals surface area contributed by atoms with E-state index in [1.165, 1.54) is 31.2 Å². The second kappa shape index (κ2) is 14.8. The first-order valence-corrected chi connectivity index (χ1v) is 13.1. The first kappa shape index (κ1) is 27.8. The monoisotopic (exact) mass is 457 g/mol. The van der Waals surface area contributed by atoms with Crippen molar-refractivity contribution in [2.75, 3.05) is 34.3 Å². The number of unbranched alkanes of at least 4 members (excludes halogenated alkanes) is 9. The van der Waals surface area contributed by atoms with E-state index in [9.17, 15) is 9.36 Å². The molecule has 0 aliphatic carbocycles. The van der Waals surface area contributed by atoms with Crippen molar-refractivity contribution < 1.29 is 28.4 Å². The van der Waals surface area contributed by atoms with Crippen LogP contribution in [0.3, 0.4) is 0 Å². The molecule has 0 atom stereocenters. The van der Waals surface area contributed by atoms with Gasteiger partial charge >= 0.3 is 13.7 Å². The molecule has 1 rings (SSSR count). The number of hydrogen-bond acceptors (Lipinski definition) is 3. The van der Waals surface area contributed by atoms with Crippen LogP contribution in [0.5, 0.6) is 0 Å². The fourth-order valence-corrected chi connectivity index (χ4v) is 3.86. The first-order valence-electron chi connectivity index (χ1n) is 11.4. The van der Waals surface area contributed by atoms with Crippen LogP contribution < -0.4 is 5.09 Å². The van der Waals surface area contributed by atoms with Gasteiger partial charge in [0.05, 0.1) is 33.3 Å². The van der Waals surface area contributed by atoms with E-state index < -0.39 is 7.75 Å². The van der Waals surface area contributed by atoms with Gasteiger partial charge in [-0.05, 0) is 25.0 Å². The molecule has 1 aromatic rings. The summed E-state index contributed by atoms with van der Waals surface area (Å²) in [6, 6.07) is 7.70. The van der Waals surface area contributed by atoms with Crippen molar-refractivity contribution in [3.05, 3.63) is 35.4 Å². The molecule has 7 nitrogen and oxygen atoms in total. The third kappa shape index (κ3) is 16.1. The van der Waals surface area contributed by atoms with E-state index in [0.717, 1.165) is 49.6 Å². The largest absolute Gasteiger partial charge is 0.462 e. The Hall–Kier alpha value is -1.24. The number of nitrogens with zero attached hydrogens (tertiary/aromatic N) is 1. The van der Waals surface area contributed by atoms with Crippen molar-refractivity contribution in [1.82, 2.24) is 5.09 Å². The van der Waals surface area contributed by atoms with E-state index in [4.69, 9.17) is 14.5 Å². The minimum Gasteiger partial charge on any atom is -0.462 e. The highest BCUT2D eigenvalue weighted by Crippen LogP contribution is 2.27. The quantitative estimate of drug-likeness (QED) is 0.137. The maximum Gasteiger partial charge on any atom is 0.400 e. The molecule has 0 radical (unpaired) electrons. The number of quaternary nitrogens is 1. The molecule has 0 spiro atoms. The second-order valence-corrected chi connectivity index (χ2v) is 10.7. The molecule has 0 bridgehead atoms. The Morgan fingerprint density at radius 3 is 1.84 bits per heavy atom. The van der Waals surface area contributed by atoms with Crippen LogP contribution >= 0.6 is 7.75 Å². The fourth-order valence-electron chi connectivity index (χ4n) is 3.41. The molecule has 31 heavy (non-hydrogen) atoms. The Morgan fingerprint density at radius 2 is 1.35 bits per heavy atom. The van der Waals surface area contributed by atoms with Crippen LogP contribution in [0.2, 0.25) is 0 Å². The van der Waals surface area contributed by atoms with Crippen molar-refractivity contribution in [3.63, 3.8) is 0 Å². The molecule has 0 fully saturated rings. The summed E-state index contributed by atoms with van der Waals surface area (Å²) in [5.74, 6) is -0.243. The summed E-state index contributed by atoms with van der Waals surface area (Å²) < 4.78 is 16.9. The van der Waals surface area contributed by atoms with Gasteiger partial charge in [-0.1, -0.05) is 63.5 Å². The Labute approximate surface area is 188 Å². The summed E-state index contributed by atoms with van der Waals surface area (Å²) in [4.78, 5) is 29.5.